The van der Waals surface area contributed by atoms with Crippen LogP contribution < -0.4 is 4.90 Å². The van der Waals surface area contributed by atoms with Gasteiger partial charge in [0.15, 0.2) is 5.13 Å². The zero-order valence-electron chi connectivity index (χ0n) is 18.5. The maximum Gasteiger partial charge on any atom is 0.230 e. The molecule has 1 amide bonds. The molecule has 4 aromatic rings. The third-order valence-corrected chi connectivity index (χ3v) is 7.25. The van der Waals surface area contributed by atoms with Crippen LogP contribution in [0.15, 0.2) is 60.1 Å². The lowest BCUT2D eigenvalue weighted by Crippen LogP contribution is -2.32. The zero-order valence-corrected chi connectivity index (χ0v) is 19.4. The van der Waals surface area contributed by atoms with Gasteiger partial charge in [-0.25, -0.2) is 4.98 Å². The number of nitrogens with one attached hydrogen (secondary N) is 1. The molecule has 32 heavy (non-hydrogen) atoms. The zero-order chi connectivity index (χ0) is 22.1. The van der Waals surface area contributed by atoms with E-state index in [0.29, 0.717) is 5.92 Å². The molecule has 5 nitrogen and oxygen atoms in total. The highest BCUT2D eigenvalue weighted by atomic mass is 32.1. The molecular formula is C26H28N4OS. The van der Waals surface area contributed by atoms with E-state index in [1.165, 1.54) is 33.4 Å². The molecule has 2 aromatic carbocycles. The third kappa shape index (κ3) is 4.20. The summed E-state index contributed by atoms with van der Waals surface area (Å²) in [7, 11) is 0. The van der Waals surface area contributed by atoms with Crippen molar-refractivity contribution in [3.8, 4) is 0 Å². The Bertz CT molecular complexity index is 1220. The number of hydrogen-bond acceptors (Lipinski definition) is 4. The van der Waals surface area contributed by atoms with E-state index < -0.39 is 0 Å². The van der Waals surface area contributed by atoms with Gasteiger partial charge in [0, 0.05) is 35.9 Å². The van der Waals surface area contributed by atoms with Crippen LogP contribution >= 0.6 is 11.3 Å². The first-order valence-electron chi connectivity index (χ1n) is 11.2. The molecule has 0 bridgehead atoms. The Morgan fingerprint density at radius 2 is 1.91 bits per heavy atom. The van der Waals surface area contributed by atoms with Crippen LogP contribution in [0.2, 0.25) is 0 Å². The Labute approximate surface area is 192 Å². The minimum Gasteiger partial charge on any atom is -0.361 e. The predicted molar refractivity (Wildman–Crippen MR) is 132 cm³/mol. The van der Waals surface area contributed by atoms with E-state index in [-0.39, 0.29) is 5.91 Å². The van der Waals surface area contributed by atoms with Crippen LogP contribution in [0.25, 0.3) is 10.9 Å². The van der Waals surface area contributed by atoms with Crippen molar-refractivity contribution in [1.82, 2.24) is 14.9 Å². The number of aryl methyl sites for hydroxylation is 1. The number of likely N-dealkylation sites (tertiary alicyclic amines) is 1. The van der Waals surface area contributed by atoms with E-state index in [2.05, 4.69) is 45.7 Å². The number of para-hydroxylation sites is 1. The highest BCUT2D eigenvalue weighted by molar-refractivity contribution is 7.14. The standard InChI is InChI=1S/C26H28N4OS/c1-18-7-9-22(10-8-18)30(19(2)31)26-28-21(17-32-26)16-29-13-11-20(12-14-29)24-15-27-25-6-4-3-5-23(24)25/h3-10,15,17,20,27H,11-14,16H2,1-2H3. The smallest absolute Gasteiger partial charge is 0.230 e. The summed E-state index contributed by atoms with van der Waals surface area (Å²) in [6.07, 6.45) is 4.50. The number of aromatic amines is 1. The fourth-order valence-electron chi connectivity index (χ4n) is 4.66. The van der Waals surface area contributed by atoms with Crippen LogP contribution in [0.1, 0.15) is 42.5 Å². The Kier molecular flexibility index (Phi) is 5.81. The highest BCUT2D eigenvalue weighted by Crippen LogP contribution is 2.34. The van der Waals surface area contributed by atoms with Gasteiger partial charge in [-0.2, -0.15) is 0 Å². The van der Waals surface area contributed by atoms with Gasteiger partial charge in [-0.1, -0.05) is 35.9 Å². The number of thiazole rings is 1. The van der Waals surface area contributed by atoms with Gasteiger partial charge in [0.1, 0.15) is 0 Å². The number of aromatic nitrogens is 2. The lowest BCUT2D eigenvalue weighted by Gasteiger charge is -2.31. The number of hydrogen-bond donors (Lipinski definition) is 1. The molecule has 1 aliphatic heterocycles. The third-order valence-electron chi connectivity index (χ3n) is 6.37. The van der Waals surface area contributed by atoms with Crippen molar-refractivity contribution < 1.29 is 4.79 Å². The largest absolute Gasteiger partial charge is 0.361 e. The summed E-state index contributed by atoms with van der Waals surface area (Å²) >= 11 is 1.54. The van der Waals surface area contributed by atoms with Crippen molar-refractivity contribution >= 4 is 39.0 Å². The molecule has 0 spiro atoms. The maximum absolute atomic E-state index is 12.4. The van der Waals surface area contributed by atoms with Gasteiger partial charge in [-0.3, -0.25) is 14.6 Å². The van der Waals surface area contributed by atoms with Crippen LogP contribution in [-0.2, 0) is 11.3 Å². The minimum absolute atomic E-state index is 0.0192. The molecule has 0 unspecified atom stereocenters. The van der Waals surface area contributed by atoms with Gasteiger partial charge < -0.3 is 4.98 Å². The van der Waals surface area contributed by atoms with Gasteiger partial charge in [-0.05, 0) is 62.5 Å². The Morgan fingerprint density at radius 1 is 1.16 bits per heavy atom. The van der Waals surface area contributed by atoms with E-state index in [9.17, 15) is 4.79 Å². The topological polar surface area (TPSA) is 52.2 Å². The quantitative estimate of drug-likeness (QED) is 0.411. The number of rotatable bonds is 5. The molecule has 0 atom stereocenters. The van der Waals surface area contributed by atoms with Crippen molar-refractivity contribution in [3.63, 3.8) is 0 Å². The average Bonchev–Trinajstić information content (AvgIpc) is 3.43. The first kappa shape index (κ1) is 20.9. The van der Waals surface area contributed by atoms with Crippen LogP contribution in [0.4, 0.5) is 10.8 Å². The Hall–Kier alpha value is -2.96. The first-order valence-corrected chi connectivity index (χ1v) is 12.1. The van der Waals surface area contributed by atoms with E-state index in [1.807, 2.05) is 31.2 Å². The SMILES string of the molecule is CC(=O)N(c1ccc(C)cc1)c1nc(CN2CCC(c3c[nH]c4ccccc34)CC2)cs1. The number of fused-ring (bicyclic) bond motifs is 1. The minimum atomic E-state index is -0.0192. The monoisotopic (exact) mass is 444 g/mol. The molecule has 1 fully saturated rings. The Balaban J connectivity index is 1.24. The van der Waals surface area contributed by atoms with E-state index in [4.69, 9.17) is 4.98 Å². The second-order valence-electron chi connectivity index (χ2n) is 8.65. The molecular weight excluding hydrogens is 416 g/mol. The first-order chi connectivity index (χ1) is 15.6. The number of amides is 1. The van der Waals surface area contributed by atoms with E-state index in [1.54, 1.807) is 11.8 Å². The molecule has 0 saturated carbocycles. The number of benzene rings is 2. The molecule has 0 radical (unpaired) electrons. The molecule has 1 saturated heterocycles. The van der Waals surface area contributed by atoms with Crippen LogP contribution in [0.3, 0.4) is 0 Å². The summed E-state index contributed by atoms with van der Waals surface area (Å²) in [5.41, 5.74) is 5.75. The number of carbonyl (C=O) groups excluding carboxylic acids is 1. The van der Waals surface area contributed by atoms with Crippen molar-refractivity contribution in [2.45, 2.75) is 39.2 Å². The number of nitrogens with zero attached hydrogens (tertiary/aromatic N) is 3. The predicted octanol–water partition coefficient (Wildman–Crippen LogP) is 6.00. The summed E-state index contributed by atoms with van der Waals surface area (Å²) in [5.74, 6) is 0.581. The summed E-state index contributed by atoms with van der Waals surface area (Å²) in [5, 5.41) is 4.19. The average molecular weight is 445 g/mol. The summed E-state index contributed by atoms with van der Waals surface area (Å²) in [6, 6.07) is 16.6. The fourth-order valence-corrected chi connectivity index (χ4v) is 5.53. The number of piperidine rings is 1. The van der Waals surface area contributed by atoms with Gasteiger partial charge in [0.25, 0.3) is 0 Å². The molecule has 0 aliphatic carbocycles. The van der Waals surface area contributed by atoms with Crippen molar-refractivity contribution in [1.29, 1.82) is 0 Å². The lowest BCUT2D eigenvalue weighted by molar-refractivity contribution is -0.115. The molecule has 164 valence electrons. The van der Waals surface area contributed by atoms with E-state index in [0.717, 1.165) is 49.0 Å². The van der Waals surface area contributed by atoms with Gasteiger partial charge in [0.05, 0.1) is 11.4 Å². The maximum atomic E-state index is 12.4. The number of carbonyl (C=O) groups is 1. The molecule has 1 aliphatic rings. The van der Waals surface area contributed by atoms with E-state index >= 15 is 0 Å². The fraction of sp³-hybridized carbons (Fsp3) is 0.308. The van der Waals surface area contributed by atoms with Crippen LogP contribution in [0.5, 0.6) is 0 Å². The van der Waals surface area contributed by atoms with Crippen molar-refractivity contribution in [3.05, 3.63) is 76.9 Å². The summed E-state index contributed by atoms with van der Waals surface area (Å²) in [4.78, 5) is 24.8. The van der Waals surface area contributed by atoms with Gasteiger partial charge in [-0.15, -0.1) is 11.3 Å². The molecule has 2 aromatic heterocycles. The highest BCUT2D eigenvalue weighted by Gasteiger charge is 2.24. The second-order valence-corrected chi connectivity index (χ2v) is 9.49. The summed E-state index contributed by atoms with van der Waals surface area (Å²) in [6.45, 7) is 6.59. The van der Waals surface area contributed by atoms with Crippen LogP contribution in [0, 0.1) is 6.92 Å². The number of H-pyrrole nitrogens is 1. The molecule has 3 heterocycles. The van der Waals surface area contributed by atoms with Crippen molar-refractivity contribution in [2.75, 3.05) is 18.0 Å². The van der Waals surface area contributed by atoms with Crippen molar-refractivity contribution in [2.24, 2.45) is 0 Å². The molecule has 6 heteroatoms. The van der Waals surface area contributed by atoms with Gasteiger partial charge >= 0.3 is 0 Å². The van der Waals surface area contributed by atoms with Gasteiger partial charge in [0.2, 0.25) is 5.91 Å². The molecule has 1 N–H and O–H groups in total. The van der Waals surface area contributed by atoms with Crippen LogP contribution in [-0.4, -0.2) is 33.9 Å². The normalized spacial score (nSPS) is 15.3. The molecule has 5 rings (SSSR count). The summed E-state index contributed by atoms with van der Waals surface area (Å²) < 4.78 is 0. The second kappa shape index (κ2) is 8.88. The Morgan fingerprint density at radius 3 is 2.66 bits per heavy atom. The lowest BCUT2D eigenvalue weighted by atomic mass is 9.89. The number of anilines is 2.